The van der Waals surface area contributed by atoms with Gasteiger partial charge in [-0.05, 0) is 37.5 Å². The largest absolute Gasteiger partial charge is 0.497 e. The van der Waals surface area contributed by atoms with E-state index in [2.05, 4.69) is 6.92 Å². The number of nitrogens with zero attached hydrogens (tertiary/aromatic N) is 1. The lowest BCUT2D eigenvalue weighted by atomic mass is 9.97. The molecule has 110 valence electrons. The van der Waals surface area contributed by atoms with Gasteiger partial charge in [0.05, 0.1) is 13.2 Å². The number of hydrogen-bond donors (Lipinski definition) is 0. The van der Waals surface area contributed by atoms with Crippen LogP contribution in [0.25, 0.3) is 0 Å². The summed E-state index contributed by atoms with van der Waals surface area (Å²) >= 11 is 0. The third-order valence-corrected chi connectivity index (χ3v) is 4.10. The molecule has 1 atom stereocenters. The Morgan fingerprint density at radius 2 is 1.90 bits per heavy atom. The molecule has 1 saturated heterocycles. The van der Waals surface area contributed by atoms with E-state index >= 15 is 0 Å². The van der Waals surface area contributed by atoms with Crippen LogP contribution >= 0.6 is 0 Å². The van der Waals surface area contributed by atoms with E-state index in [4.69, 9.17) is 9.47 Å². The van der Waals surface area contributed by atoms with Gasteiger partial charge >= 0.3 is 0 Å². The quantitative estimate of drug-likeness (QED) is 0.849. The van der Waals surface area contributed by atoms with Gasteiger partial charge in [0.25, 0.3) is 0 Å². The van der Waals surface area contributed by atoms with Crippen molar-refractivity contribution in [2.24, 2.45) is 5.92 Å². The van der Waals surface area contributed by atoms with Crippen molar-refractivity contribution in [3.05, 3.63) is 29.8 Å². The molecule has 1 aliphatic rings. The molecule has 1 amide bonds. The molecule has 1 aromatic carbocycles. The Kier molecular flexibility index (Phi) is 5.01. The Morgan fingerprint density at radius 3 is 2.45 bits per heavy atom. The highest BCUT2D eigenvalue weighted by Gasteiger charge is 2.27. The van der Waals surface area contributed by atoms with E-state index in [0.29, 0.717) is 13.2 Å². The van der Waals surface area contributed by atoms with Crippen molar-refractivity contribution in [3.8, 4) is 5.75 Å². The lowest BCUT2D eigenvalue weighted by molar-refractivity contribution is -0.139. The summed E-state index contributed by atoms with van der Waals surface area (Å²) in [6, 6.07) is 7.95. The SMILES string of the molecule is COc1ccc([C@@H](C)N(C)C(=O)C2CCOCC2)cc1. The second-order valence-corrected chi connectivity index (χ2v) is 5.28. The van der Waals surface area contributed by atoms with E-state index in [1.54, 1.807) is 7.11 Å². The van der Waals surface area contributed by atoms with Crippen molar-refractivity contribution >= 4 is 5.91 Å². The van der Waals surface area contributed by atoms with E-state index < -0.39 is 0 Å². The van der Waals surface area contributed by atoms with Crippen LogP contribution in [-0.2, 0) is 9.53 Å². The number of benzene rings is 1. The Balaban J connectivity index is 2.02. The molecule has 1 heterocycles. The highest BCUT2D eigenvalue weighted by Crippen LogP contribution is 2.25. The number of rotatable bonds is 4. The molecule has 1 fully saturated rings. The molecule has 0 radical (unpaired) electrons. The second kappa shape index (κ2) is 6.75. The zero-order valence-corrected chi connectivity index (χ0v) is 12.5. The first-order valence-corrected chi connectivity index (χ1v) is 7.12. The monoisotopic (exact) mass is 277 g/mol. The molecule has 0 bridgehead atoms. The first kappa shape index (κ1) is 14.9. The minimum Gasteiger partial charge on any atom is -0.497 e. The maximum absolute atomic E-state index is 12.5. The standard InChI is InChI=1S/C16H23NO3/c1-12(13-4-6-15(19-3)7-5-13)17(2)16(18)14-8-10-20-11-9-14/h4-7,12,14H,8-11H2,1-3H3/t12-/m1/s1. The van der Waals surface area contributed by atoms with Gasteiger partial charge in [-0.15, -0.1) is 0 Å². The van der Waals surface area contributed by atoms with Crippen LogP contribution in [0.2, 0.25) is 0 Å². The fraction of sp³-hybridized carbons (Fsp3) is 0.562. The summed E-state index contributed by atoms with van der Waals surface area (Å²) in [5.74, 6) is 1.16. The second-order valence-electron chi connectivity index (χ2n) is 5.28. The Hall–Kier alpha value is -1.55. The molecule has 1 aromatic rings. The molecule has 0 aromatic heterocycles. The van der Waals surface area contributed by atoms with Crippen molar-refractivity contribution in [2.75, 3.05) is 27.4 Å². The van der Waals surface area contributed by atoms with Crippen LogP contribution in [0.4, 0.5) is 0 Å². The smallest absolute Gasteiger partial charge is 0.226 e. The van der Waals surface area contributed by atoms with Crippen LogP contribution in [0.1, 0.15) is 31.4 Å². The summed E-state index contributed by atoms with van der Waals surface area (Å²) in [6.45, 7) is 3.45. The van der Waals surface area contributed by atoms with Gasteiger partial charge in [0.1, 0.15) is 5.75 Å². The van der Waals surface area contributed by atoms with Crippen LogP contribution in [-0.4, -0.2) is 38.2 Å². The number of methoxy groups -OCH3 is 1. The van der Waals surface area contributed by atoms with Crippen LogP contribution in [0, 0.1) is 5.92 Å². The van der Waals surface area contributed by atoms with E-state index in [-0.39, 0.29) is 17.9 Å². The lowest BCUT2D eigenvalue weighted by Crippen LogP contribution is -2.37. The maximum atomic E-state index is 12.5. The zero-order chi connectivity index (χ0) is 14.5. The van der Waals surface area contributed by atoms with Crippen LogP contribution in [0.15, 0.2) is 24.3 Å². The molecule has 0 N–H and O–H groups in total. The summed E-state index contributed by atoms with van der Waals surface area (Å²) in [6.07, 6.45) is 1.66. The van der Waals surface area contributed by atoms with Crippen LogP contribution in [0.3, 0.4) is 0 Å². The summed E-state index contributed by atoms with van der Waals surface area (Å²) in [4.78, 5) is 14.3. The topological polar surface area (TPSA) is 38.8 Å². The number of hydrogen-bond acceptors (Lipinski definition) is 3. The van der Waals surface area contributed by atoms with Crippen molar-refractivity contribution in [1.82, 2.24) is 4.90 Å². The Bertz CT molecular complexity index is 438. The first-order valence-electron chi connectivity index (χ1n) is 7.12. The molecule has 20 heavy (non-hydrogen) atoms. The van der Waals surface area contributed by atoms with Crippen molar-refractivity contribution in [3.63, 3.8) is 0 Å². The van der Waals surface area contributed by atoms with Gasteiger partial charge in [0.2, 0.25) is 5.91 Å². The van der Waals surface area contributed by atoms with Crippen molar-refractivity contribution in [2.45, 2.75) is 25.8 Å². The molecule has 4 heteroatoms. The average molecular weight is 277 g/mol. The molecule has 0 aliphatic carbocycles. The van der Waals surface area contributed by atoms with Crippen molar-refractivity contribution in [1.29, 1.82) is 0 Å². The van der Waals surface area contributed by atoms with E-state index in [0.717, 1.165) is 24.2 Å². The van der Waals surface area contributed by atoms with E-state index in [1.165, 1.54) is 0 Å². The molecule has 2 rings (SSSR count). The van der Waals surface area contributed by atoms with Crippen LogP contribution in [0.5, 0.6) is 5.75 Å². The molecule has 0 saturated carbocycles. The third-order valence-electron chi connectivity index (χ3n) is 4.10. The van der Waals surface area contributed by atoms with Crippen LogP contribution < -0.4 is 4.74 Å². The number of carbonyl (C=O) groups is 1. The predicted octanol–water partition coefficient (Wildman–Crippen LogP) is 2.64. The molecule has 0 spiro atoms. The minimum absolute atomic E-state index is 0.0660. The van der Waals surface area contributed by atoms with Gasteiger partial charge in [0.15, 0.2) is 0 Å². The summed E-state index contributed by atoms with van der Waals surface area (Å²) in [5.41, 5.74) is 1.12. The van der Waals surface area contributed by atoms with Gasteiger partial charge in [-0.1, -0.05) is 12.1 Å². The van der Waals surface area contributed by atoms with Crippen molar-refractivity contribution < 1.29 is 14.3 Å². The van der Waals surface area contributed by atoms with Gasteiger partial charge in [-0.25, -0.2) is 0 Å². The molecule has 4 nitrogen and oxygen atoms in total. The fourth-order valence-corrected chi connectivity index (χ4v) is 2.53. The van der Waals surface area contributed by atoms with E-state index in [9.17, 15) is 4.79 Å². The highest BCUT2D eigenvalue weighted by atomic mass is 16.5. The number of amides is 1. The predicted molar refractivity (Wildman–Crippen MR) is 77.7 cm³/mol. The molecule has 0 unspecified atom stereocenters. The molecule has 1 aliphatic heterocycles. The average Bonchev–Trinajstić information content (AvgIpc) is 2.53. The zero-order valence-electron chi connectivity index (χ0n) is 12.5. The van der Waals surface area contributed by atoms with E-state index in [1.807, 2.05) is 36.2 Å². The third kappa shape index (κ3) is 3.31. The lowest BCUT2D eigenvalue weighted by Gasteiger charge is -2.31. The minimum atomic E-state index is 0.0660. The summed E-state index contributed by atoms with van der Waals surface area (Å²) in [5, 5.41) is 0. The summed E-state index contributed by atoms with van der Waals surface area (Å²) < 4.78 is 10.5. The summed E-state index contributed by atoms with van der Waals surface area (Å²) in [7, 11) is 3.53. The van der Waals surface area contributed by atoms with Gasteiger partial charge in [-0.2, -0.15) is 0 Å². The van der Waals surface area contributed by atoms with Gasteiger partial charge in [0, 0.05) is 26.2 Å². The fourth-order valence-electron chi connectivity index (χ4n) is 2.53. The molecular formula is C16H23NO3. The Morgan fingerprint density at radius 1 is 1.30 bits per heavy atom. The normalized spacial score (nSPS) is 17.6. The number of carbonyl (C=O) groups excluding carboxylic acids is 1. The molecular weight excluding hydrogens is 254 g/mol. The first-order chi connectivity index (χ1) is 9.63. The van der Waals surface area contributed by atoms with Gasteiger partial charge < -0.3 is 14.4 Å². The highest BCUT2D eigenvalue weighted by molar-refractivity contribution is 5.79. The number of ether oxygens (including phenoxy) is 2. The maximum Gasteiger partial charge on any atom is 0.226 e. The van der Waals surface area contributed by atoms with Gasteiger partial charge in [-0.3, -0.25) is 4.79 Å². The Labute approximate surface area is 120 Å².